The molecular weight excluding hydrogens is 306 g/mol. The van der Waals surface area contributed by atoms with Crippen LogP contribution in [0.25, 0.3) is 0 Å². The molecule has 126 valence electrons. The standard InChI is InChI=1S/C18H21N3O3/c1-19-18(20-9-10-22-15-5-3-2-4-6-15)21-12-14-7-8-16-17(11-14)24-13-23-16/h2-8,11H,9-10,12-13H2,1H3,(H2,19,20,21). The van der Waals surface area contributed by atoms with E-state index in [-0.39, 0.29) is 6.79 Å². The van der Waals surface area contributed by atoms with Crippen LogP contribution >= 0.6 is 0 Å². The van der Waals surface area contributed by atoms with Crippen molar-refractivity contribution in [2.75, 3.05) is 27.0 Å². The lowest BCUT2D eigenvalue weighted by molar-refractivity contribution is 0.174. The Balaban J connectivity index is 1.40. The molecule has 2 N–H and O–H groups in total. The van der Waals surface area contributed by atoms with E-state index in [0.717, 1.165) is 28.8 Å². The van der Waals surface area contributed by atoms with Gasteiger partial charge in [0.05, 0.1) is 6.54 Å². The Morgan fingerprint density at radius 2 is 1.92 bits per heavy atom. The zero-order valence-electron chi connectivity index (χ0n) is 13.6. The number of ether oxygens (including phenoxy) is 3. The van der Waals surface area contributed by atoms with E-state index >= 15 is 0 Å². The highest BCUT2D eigenvalue weighted by atomic mass is 16.7. The van der Waals surface area contributed by atoms with Crippen molar-refractivity contribution in [2.45, 2.75) is 6.54 Å². The van der Waals surface area contributed by atoms with Crippen molar-refractivity contribution in [1.29, 1.82) is 0 Å². The second kappa shape index (κ2) is 8.10. The first kappa shape index (κ1) is 16.0. The van der Waals surface area contributed by atoms with Crippen LogP contribution in [-0.4, -0.2) is 33.0 Å². The van der Waals surface area contributed by atoms with Crippen LogP contribution in [0, 0.1) is 0 Å². The minimum absolute atomic E-state index is 0.289. The minimum atomic E-state index is 0.289. The Morgan fingerprint density at radius 3 is 2.75 bits per heavy atom. The van der Waals surface area contributed by atoms with Gasteiger partial charge in [-0.2, -0.15) is 0 Å². The average molecular weight is 327 g/mol. The maximum atomic E-state index is 5.64. The topological polar surface area (TPSA) is 64.1 Å². The van der Waals surface area contributed by atoms with Gasteiger partial charge in [-0.1, -0.05) is 24.3 Å². The molecular formula is C18H21N3O3. The molecule has 0 saturated carbocycles. The fraction of sp³-hybridized carbons (Fsp3) is 0.278. The first-order chi connectivity index (χ1) is 11.8. The number of fused-ring (bicyclic) bond motifs is 1. The summed E-state index contributed by atoms with van der Waals surface area (Å²) in [5.74, 6) is 3.17. The number of nitrogens with one attached hydrogen (secondary N) is 2. The second-order valence-electron chi connectivity index (χ2n) is 5.20. The monoisotopic (exact) mass is 327 g/mol. The smallest absolute Gasteiger partial charge is 0.231 e. The van der Waals surface area contributed by atoms with Gasteiger partial charge in [-0.3, -0.25) is 4.99 Å². The van der Waals surface area contributed by atoms with Gasteiger partial charge in [0.2, 0.25) is 6.79 Å². The molecule has 0 aliphatic carbocycles. The van der Waals surface area contributed by atoms with Crippen LogP contribution in [0.4, 0.5) is 0 Å². The van der Waals surface area contributed by atoms with Crippen LogP contribution in [-0.2, 0) is 6.54 Å². The third-order valence-corrected chi connectivity index (χ3v) is 3.53. The largest absolute Gasteiger partial charge is 0.492 e. The Morgan fingerprint density at radius 1 is 1.08 bits per heavy atom. The number of para-hydroxylation sites is 1. The second-order valence-corrected chi connectivity index (χ2v) is 5.20. The van der Waals surface area contributed by atoms with Crippen molar-refractivity contribution in [1.82, 2.24) is 10.6 Å². The number of nitrogens with zero attached hydrogens (tertiary/aromatic N) is 1. The predicted molar refractivity (Wildman–Crippen MR) is 92.7 cm³/mol. The molecule has 0 bridgehead atoms. The summed E-state index contributed by atoms with van der Waals surface area (Å²) in [6.45, 7) is 2.16. The minimum Gasteiger partial charge on any atom is -0.492 e. The molecule has 3 rings (SSSR count). The Bertz CT molecular complexity index is 689. The summed E-state index contributed by atoms with van der Waals surface area (Å²) in [6, 6.07) is 15.6. The van der Waals surface area contributed by atoms with Gasteiger partial charge in [-0.05, 0) is 29.8 Å². The molecule has 2 aromatic rings. The van der Waals surface area contributed by atoms with Crippen LogP contribution in [0.1, 0.15) is 5.56 Å². The molecule has 1 aliphatic rings. The number of aliphatic imine (C=N–C) groups is 1. The zero-order valence-corrected chi connectivity index (χ0v) is 13.6. The quantitative estimate of drug-likeness (QED) is 0.484. The first-order valence-electron chi connectivity index (χ1n) is 7.86. The lowest BCUT2D eigenvalue weighted by Gasteiger charge is -2.13. The molecule has 0 radical (unpaired) electrons. The van der Waals surface area contributed by atoms with Gasteiger partial charge in [0.15, 0.2) is 17.5 Å². The zero-order chi connectivity index (χ0) is 16.6. The first-order valence-corrected chi connectivity index (χ1v) is 7.86. The molecule has 0 aromatic heterocycles. The molecule has 24 heavy (non-hydrogen) atoms. The SMILES string of the molecule is CN=C(NCCOc1ccccc1)NCc1ccc2c(c1)OCO2. The van der Waals surface area contributed by atoms with E-state index in [1.807, 2.05) is 48.5 Å². The summed E-state index contributed by atoms with van der Waals surface area (Å²) in [7, 11) is 1.74. The fourth-order valence-electron chi connectivity index (χ4n) is 2.31. The molecule has 0 saturated heterocycles. The molecule has 0 atom stereocenters. The Hall–Kier alpha value is -2.89. The van der Waals surface area contributed by atoms with E-state index in [1.54, 1.807) is 7.05 Å². The van der Waals surface area contributed by atoms with Crippen LogP contribution in [0.3, 0.4) is 0 Å². The molecule has 0 fully saturated rings. The van der Waals surface area contributed by atoms with Crippen molar-refractivity contribution in [3.63, 3.8) is 0 Å². The maximum Gasteiger partial charge on any atom is 0.231 e. The summed E-state index contributed by atoms with van der Waals surface area (Å²) in [5.41, 5.74) is 1.10. The highest BCUT2D eigenvalue weighted by molar-refractivity contribution is 5.79. The summed E-state index contributed by atoms with van der Waals surface area (Å²) >= 11 is 0. The van der Waals surface area contributed by atoms with Gasteiger partial charge in [0.25, 0.3) is 0 Å². The van der Waals surface area contributed by atoms with Crippen molar-refractivity contribution in [3.8, 4) is 17.2 Å². The molecule has 6 nitrogen and oxygen atoms in total. The van der Waals surface area contributed by atoms with Gasteiger partial charge in [0.1, 0.15) is 12.4 Å². The highest BCUT2D eigenvalue weighted by Crippen LogP contribution is 2.32. The Labute approximate surface area is 141 Å². The summed E-state index contributed by atoms with van der Waals surface area (Å²) in [6.07, 6.45) is 0. The Kier molecular flexibility index (Phi) is 5.40. The van der Waals surface area contributed by atoms with Crippen molar-refractivity contribution in [2.24, 2.45) is 4.99 Å². The van der Waals surface area contributed by atoms with E-state index in [9.17, 15) is 0 Å². The van der Waals surface area contributed by atoms with E-state index in [1.165, 1.54) is 0 Å². The lowest BCUT2D eigenvalue weighted by Crippen LogP contribution is -2.38. The van der Waals surface area contributed by atoms with Crippen molar-refractivity contribution < 1.29 is 14.2 Å². The molecule has 0 unspecified atom stereocenters. The fourth-order valence-corrected chi connectivity index (χ4v) is 2.31. The van der Waals surface area contributed by atoms with Gasteiger partial charge in [-0.15, -0.1) is 0 Å². The third-order valence-electron chi connectivity index (χ3n) is 3.53. The lowest BCUT2D eigenvalue weighted by atomic mass is 10.2. The van der Waals surface area contributed by atoms with Crippen LogP contribution in [0.15, 0.2) is 53.5 Å². The van der Waals surface area contributed by atoms with Crippen LogP contribution in [0.2, 0.25) is 0 Å². The van der Waals surface area contributed by atoms with Crippen LogP contribution in [0.5, 0.6) is 17.2 Å². The van der Waals surface area contributed by atoms with Gasteiger partial charge < -0.3 is 24.8 Å². The van der Waals surface area contributed by atoms with E-state index in [2.05, 4.69) is 15.6 Å². The van der Waals surface area contributed by atoms with Gasteiger partial charge in [0, 0.05) is 13.6 Å². The number of hydrogen-bond donors (Lipinski definition) is 2. The van der Waals surface area contributed by atoms with Crippen LogP contribution < -0.4 is 24.8 Å². The highest BCUT2D eigenvalue weighted by Gasteiger charge is 2.13. The molecule has 1 aliphatic heterocycles. The van der Waals surface area contributed by atoms with Gasteiger partial charge >= 0.3 is 0 Å². The summed E-state index contributed by atoms with van der Waals surface area (Å²) in [5, 5.41) is 6.48. The molecule has 0 spiro atoms. The molecule has 6 heteroatoms. The van der Waals surface area contributed by atoms with Crippen molar-refractivity contribution >= 4 is 5.96 Å². The van der Waals surface area contributed by atoms with E-state index in [0.29, 0.717) is 19.7 Å². The molecule has 1 heterocycles. The number of hydrogen-bond acceptors (Lipinski definition) is 4. The van der Waals surface area contributed by atoms with Crippen molar-refractivity contribution in [3.05, 3.63) is 54.1 Å². The summed E-state index contributed by atoms with van der Waals surface area (Å²) < 4.78 is 16.3. The maximum absolute atomic E-state index is 5.64. The number of benzene rings is 2. The average Bonchev–Trinajstić information content (AvgIpc) is 3.10. The number of guanidine groups is 1. The third kappa shape index (κ3) is 4.32. The number of rotatable bonds is 6. The van der Waals surface area contributed by atoms with Gasteiger partial charge in [-0.25, -0.2) is 0 Å². The van der Waals surface area contributed by atoms with E-state index in [4.69, 9.17) is 14.2 Å². The predicted octanol–water partition coefficient (Wildman–Crippen LogP) is 2.16. The summed E-state index contributed by atoms with van der Waals surface area (Å²) in [4.78, 5) is 4.20. The molecule has 0 amide bonds. The normalized spacial score (nSPS) is 12.8. The van der Waals surface area contributed by atoms with E-state index < -0.39 is 0 Å². The molecule has 2 aromatic carbocycles.